The van der Waals surface area contributed by atoms with Crippen molar-refractivity contribution >= 4 is 10.0 Å². The number of halogens is 3. The van der Waals surface area contributed by atoms with Crippen molar-refractivity contribution in [3.05, 3.63) is 34.3 Å². The van der Waals surface area contributed by atoms with Crippen molar-refractivity contribution in [1.29, 1.82) is 0 Å². The molecule has 0 N–H and O–H groups in total. The van der Waals surface area contributed by atoms with Gasteiger partial charge >= 0.3 is 6.18 Å². The third kappa shape index (κ3) is 2.61. The summed E-state index contributed by atoms with van der Waals surface area (Å²) < 4.78 is 60.8. The maximum Gasteiger partial charge on any atom is 0.417 e. The summed E-state index contributed by atoms with van der Waals surface area (Å²) in [5, 5.41) is -0.738. The third-order valence-corrected chi connectivity index (χ3v) is 2.53. The van der Waals surface area contributed by atoms with Crippen LogP contribution in [0.5, 0.6) is 0 Å². The second-order valence-corrected chi connectivity index (χ2v) is 4.06. The molecular formula is C6H3F3N4O2S. The Balaban J connectivity index is 3.19. The van der Waals surface area contributed by atoms with Crippen LogP contribution in [0.1, 0.15) is 5.56 Å². The van der Waals surface area contributed by atoms with Crippen LogP contribution in [0, 0.1) is 0 Å². The van der Waals surface area contributed by atoms with Crippen LogP contribution in [0.4, 0.5) is 13.2 Å². The molecule has 16 heavy (non-hydrogen) atoms. The highest BCUT2D eigenvalue weighted by atomic mass is 32.2. The largest absolute Gasteiger partial charge is 0.417 e. The molecule has 0 saturated carbocycles. The van der Waals surface area contributed by atoms with Gasteiger partial charge < -0.3 is 0 Å². The summed E-state index contributed by atoms with van der Waals surface area (Å²) in [4.78, 5) is 5.09. The lowest BCUT2D eigenvalue weighted by atomic mass is 10.3. The summed E-state index contributed by atoms with van der Waals surface area (Å²) in [7, 11) is -4.34. The smallest absolute Gasteiger partial charge is 0.244 e. The van der Waals surface area contributed by atoms with E-state index in [0.717, 1.165) is 0 Å². The number of rotatable bonds is 2. The zero-order valence-electron chi connectivity index (χ0n) is 7.38. The predicted molar refractivity (Wildman–Crippen MR) is 45.6 cm³/mol. The lowest BCUT2D eigenvalue weighted by molar-refractivity contribution is -0.137. The Morgan fingerprint density at radius 2 is 2.00 bits per heavy atom. The Morgan fingerprint density at radius 3 is 2.38 bits per heavy atom. The van der Waals surface area contributed by atoms with Crippen LogP contribution >= 0.6 is 0 Å². The van der Waals surface area contributed by atoms with Gasteiger partial charge in [0.25, 0.3) is 10.0 Å². The zero-order chi connectivity index (χ0) is 12.4. The molecular weight excluding hydrogens is 249 g/mol. The minimum Gasteiger partial charge on any atom is -0.244 e. The lowest BCUT2D eigenvalue weighted by Gasteiger charge is -2.05. The van der Waals surface area contributed by atoms with E-state index in [-0.39, 0.29) is 0 Å². The fourth-order valence-electron chi connectivity index (χ4n) is 0.790. The van der Waals surface area contributed by atoms with Gasteiger partial charge in [-0.2, -0.15) is 13.2 Å². The second-order valence-electron chi connectivity index (χ2n) is 2.53. The van der Waals surface area contributed by atoms with Gasteiger partial charge in [0.05, 0.1) is 5.56 Å². The number of hydrogen-bond acceptors (Lipinski definition) is 3. The number of sulfonamides is 1. The molecule has 10 heteroatoms. The molecule has 1 aromatic heterocycles. The number of hydrogen-bond donors (Lipinski definition) is 0. The zero-order valence-corrected chi connectivity index (χ0v) is 8.20. The molecule has 0 fully saturated rings. The molecule has 0 atom stereocenters. The normalized spacial score (nSPS) is 11.9. The maximum atomic E-state index is 12.1. The summed E-state index contributed by atoms with van der Waals surface area (Å²) in [6.07, 6.45) is -4.26. The van der Waals surface area contributed by atoms with E-state index in [1.54, 1.807) is 0 Å². The van der Waals surface area contributed by atoms with E-state index in [9.17, 15) is 21.6 Å². The number of nitrogens with zero attached hydrogens (tertiary/aromatic N) is 4. The molecule has 86 valence electrons. The minimum absolute atomic E-state index is 0.347. The lowest BCUT2D eigenvalue weighted by Crippen LogP contribution is -2.07. The summed E-state index contributed by atoms with van der Waals surface area (Å²) in [5.74, 6) is 0. The Hall–Kier alpha value is -1.80. The standard InChI is InChI=1S/C6H3F3N4O2S/c7-6(8,9)4-1-2-5(11-3-4)16(14,15)13-12-10/h1-3H. The van der Waals surface area contributed by atoms with Crippen molar-refractivity contribution in [2.24, 2.45) is 4.52 Å². The molecule has 0 aliphatic heterocycles. The fraction of sp³-hybridized carbons (Fsp3) is 0.167. The van der Waals surface area contributed by atoms with E-state index in [1.807, 2.05) is 4.91 Å². The number of pyridine rings is 1. The second kappa shape index (κ2) is 3.99. The first kappa shape index (κ1) is 12.3. The van der Waals surface area contributed by atoms with Crippen LogP contribution in [-0.4, -0.2) is 13.4 Å². The van der Waals surface area contributed by atoms with Crippen molar-refractivity contribution in [1.82, 2.24) is 4.98 Å². The topological polar surface area (TPSA) is 95.8 Å². The van der Waals surface area contributed by atoms with Crippen LogP contribution in [0.15, 0.2) is 27.9 Å². The molecule has 6 nitrogen and oxygen atoms in total. The molecule has 1 rings (SSSR count). The van der Waals surface area contributed by atoms with E-state index >= 15 is 0 Å². The van der Waals surface area contributed by atoms with E-state index in [4.69, 9.17) is 5.53 Å². The monoisotopic (exact) mass is 252 g/mol. The van der Waals surface area contributed by atoms with E-state index in [1.165, 1.54) is 0 Å². The van der Waals surface area contributed by atoms with Crippen molar-refractivity contribution in [3.8, 4) is 0 Å². The fourth-order valence-corrected chi connectivity index (χ4v) is 1.40. The highest BCUT2D eigenvalue weighted by Gasteiger charge is 2.31. The molecule has 0 aliphatic rings. The molecule has 0 aromatic carbocycles. The Morgan fingerprint density at radius 1 is 1.38 bits per heavy atom. The van der Waals surface area contributed by atoms with Gasteiger partial charge in [0.15, 0.2) is 5.03 Å². The van der Waals surface area contributed by atoms with Crippen LogP contribution in [0.3, 0.4) is 0 Å². The molecule has 0 amide bonds. The SMILES string of the molecule is [N-]=[N+]=NS(=O)(=O)c1ccc(C(F)(F)F)cn1. The van der Waals surface area contributed by atoms with Crippen molar-refractivity contribution < 1.29 is 21.6 Å². The van der Waals surface area contributed by atoms with Gasteiger partial charge in [0, 0.05) is 15.6 Å². The highest BCUT2D eigenvalue weighted by molar-refractivity contribution is 7.89. The quantitative estimate of drug-likeness (QED) is 0.458. The van der Waals surface area contributed by atoms with E-state index in [2.05, 4.69) is 9.50 Å². The number of aromatic nitrogens is 1. The Bertz CT molecular complexity index is 530. The minimum atomic E-state index is -4.60. The molecule has 0 radical (unpaired) electrons. The average Bonchev–Trinajstić information content (AvgIpc) is 2.16. The summed E-state index contributed by atoms with van der Waals surface area (Å²) in [5.41, 5.74) is 6.83. The first-order chi connectivity index (χ1) is 7.27. The first-order valence-electron chi connectivity index (χ1n) is 3.62. The van der Waals surface area contributed by atoms with Gasteiger partial charge in [-0.3, -0.25) is 0 Å². The van der Waals surface area contributed by atoms with Gasteiger partial charge in [-0.25, -0.2) is 13.4 Å². The average molecular weight is 252 g/mol. The van der Waals surface area contributed by atoms with E-state index < -0.39 is 26.8 Å². The van der Waals surface area contributed by atoms with Gasteiger partial charge in [0.2, 0.25) is 0 Å². The summed E-state index contributed by atoms with van der Waals surface area (Å²) in [6, 6.07) is 1.15. The maximum absolute atomic E-state index is 12.1. The number of alkyl halides is 3. The summed E-state index contributed by atoms with van der Waals surface area (Å²) >= 11 is 0. The molecule has 1 heterocycles. The van der Waals surface area contributed by atoms with Crippen molar-refractivity contribution in [2.45, 2.75) is 11.2 Å². The highest BCUT2D eigenvalue weighted by Crippen LogP contribution is 2.28. The van der Waals surface area contributed by atoms with E-state index in [0.29, 0.717) is 18.3 Å². The molecule has 0 aliphatic carbocycles. The molecule has 0 bridgehead atoms. The summed E-state index contributed by atoms with van der Waals surface area (Å²) in [6.45, 7) is 0. The van der Waals surface area contributed by atoms with Crippen molar-refractivity contribution in [3.63, 3.8) is 0 Å². The van der Waals surface area contributed by atoms with Crippen LogP contribution in [0.25, 0.3) is 10.4 Å². The molecule has 0 spiro atoms. The van der Waals surface area contributed by atoms with Gasteiger partial charge in [-0.1, -0.05) is 0 Å². The van der Waals surface area contributed by atoms with Crippen LogP contribution in [-0.2, 0) is 16.2 Å². The third-order valence-electron chi connectivity index (χ3n) is 1.47. The Kier molecular flexibility index (Phi) is 3.06. The molecule has 1 aromatic rings. The Labute approximate surface area is 87.4 Å². The van der Waals surface area contributed by atoms with Crippen LogP contribution in [0.2, 0.25) is 0 Å². The van der Waals surface area contributed by atoms with Crippen LogP contribution < -0.4 is 0 Å². The van der Waals surface area contributed by atoms with Gasteiger partial charge in [-0.15, -0.1) is 0 Å². The first-order valence-corrected chi connectivity index (χ1v) is 5.06. The van der Waals surface area contributed by atoms with Gasteiger partial charge in [-0.05, 0) is 17.7 Å². The molecule has 0 saturated heterocycles. The molecule has 0 unspecified atom stereocenters. The number of azide groups is 1. The van der Waals surface area contributed by atoms with Gasteiger partial charge in [0.1, 0.15) is 0 Å². The predicted octanol–water partition coefficient (Wildman–Crippen LogP) is 2.10. The van der Waals surface area contributed by atoms with Crippen molar-refractivity contribution in [2.75, 3.05) is 0 Å².